The molecule has 0 aliphatic rings. The molecule has 5 aromatic rings. The summed E-state index contributed by atoms with van der Waals surface area (Å²) in [7, 11) is 0. The lowest BCUT2D eigenvalue weighted by atomic mass is 10.1. The van der Waals surface area contributed by atoms with E-state index >= 15 is 0 Å². The predicted molar refractivity (Wildman–Crippen MR) is 108 cm³/mol. The number of pyridine rings is 1. The molecule has 0 unspecified atom stereocenters. The summed E-state index contributed by atoms with van der Waals surface area (Å²) in [6.07, 6.45) is 1.82. The van der Waals surface area contributed by atoms with E-state index in [4.69, 9.17) is 5.73 Å². The van der Waals surface area contributed by atoms with Gasteiger partial charge in [-0.3, -0.25) is 4.98 Å². The first kappa shape index (κ1) is 14.7. The molecule has 3 nitrogen and oxygen atoms in total. The second-order valence-corrected chi connectivity index (χ2v) is 6.39. The van der Waals surface area contributed by atoms with Crippen molar-refractivity contribution in [3.05, 3.63) is 91.1 Å². The first-order valence-electron chi connectivity index (χ1n) is 8.62. The van der Waals surface area contributed by atoms with Crippen molar-refractivity contribution in [1.29, 1.82) is 0 Å². The van der Waals surface area contributed by atoms with Crippen LogP contribution in [0.3, 0.4) is 0 Å². The minimum absolute atomic E-state index is 0.766. The second-order valence-electron chi connectivity index (χ2n) is 6.39. The van der Waals surface area contributed by atoms with E-state index in [1.807, 2.05) is 36.5 Å². The minimum Gasteiger partial charge on any atom is -0.399 e. The summed E-state index contributed by atoms with van der Waals surface area (Å²) in [4.78, 5) is 4.48. The minimum atomic E-state index is 0.766. The maximum absolute atomic E-state index is 6.09. The zero-order valence-electron chi connectivity index (χ0n) is 14.1. The van der Waals surface area contributed by atoms with Crippen LogP contribution in [-0.4, -0.2) is 9.55 Å². The molecular formula is C23H17N3. The Labute approximate surface area is 151 Å². The van der Waals surface area contributed by atoms with E-state index in [0.29, 0.717) is 0 Å². The molecule has 0 aliphatic heterocycles. The Morgan fingerprint density at radius 2 is 1.54 bits per heavy atom. The molecule has 0 spiro atoms. The average Bonchev–Trinajstić information content (AvgIpc) is 3.02. The summed E-state index contributed by atoms with van der Waals surface area (Å²) in [5, 5.41) is 2.43. The number of fused-ring (bicyclic) bond motifs is 3. The van der Waals surface area contributed by atoms with Crippen molar-refractivity contribution >= 4 is 27.5 Å². The van der Waals surface area contributed by atoms with Crippen molar-refractivity contribution in [2.75, 3.05) is 5.73 Å². The van der Waals surface area contributed by atoms with Crippen LogP contribution in [0.1, 0.15) is 0 Å². The largest absolute Gasteiger partial charge is 0.399 e. The van der Waals surface area contributed by atoms with E-state index in [2.05, 4.69) is 64.1 Å². The Balaban J connectivity index is 1.83. The van der Waals surface area contributed by atoms with Crippen LogP contribution in [0.25, 0.3) is 38.8 Å². The first-order chi connectivity index (χ1) is 12.8. The molecule has 2 N–H and O–H groups in total. The highest BCUT2D eigenvalue weighted by Crippen LogP contribution is 2.33. The van der Waals surface area contributed by atoms with Crippen molar-refractivity contribution < 1.29 is 0 Å². The SMILES string of the molecule is Nc1ccc2c3ccccc3n(-c3cccc(-c4ccccn4)c3)c2c1. The van der Waals surface area contributed by atoms with Crippen molar-refractivity contribution in [2.24, 2.45) is 0 Å². The Kier molecular flexibility index (Phi) is 3.25. The van der Waals surface area contributed by atoms with Gasteiger partial charge in [-0.1, -0.05) is 42.5 Å². The van der Waals surface area contributed by atoms with Gasteiger partial charge in [0.05, 0.1) is 16.7 Å². The zero-order valence-corrected chi connectivity index (χ0v) is 14.1. The van der Waals surface area contributed by atoms with Crippen molar-refractivity contribution in [3.63, 3.8) is 0 Å². The number of benzene rings is 3. The molecule has 5 rings (SSSR count). The van der Waals surface area contributed by atoms with Gasteiger partial charge in [-0.2, -0.15) is 0 Å². The normalized spacial score (nSPS) is 11.2. The van der Waals surface area contributed by atoms with Gasteiger partial charge in [0.1, 0.15) is 0 Å². The van der Waals surface area contributed by atoms with Gasteiger partial charge in [-0.15, -0.1) is 0 Å². The van der Waals surface area contributed by atoms with Gasteiger partial charge in [0, 0.05) is 33.9 Å². The second kappa shape index (κ2) is 5.74. The summed E-state index contributed by atoms with van der Waals surface area (Å²) in [6.45, 7) is 0. The number of aromatic nitrogens is 2. The lowest BCUT2D eigenvalue weighted by Gasteiger charge is -2.10. The molecule has 2 aromatic heterocycles. The van der Waals surface area contributed by atoms with Gasteiger partial charge in [0.15, 0.2) is 0 Å². The van der Waals surface area contributed by atoms with E-state index in [9.17, 15) is 0 Å². The van der Waals surface area contributed by atoms with Crippen LogP contribution in [0, 0.1) is 0 Å². The molecular weight excluding hydrogens is 318 g/mol. The van der Waals surface area contributed by atoms with Crippen LogP contribution >= 0.6 is 0 Å². The number of hydrogen-bond acceptors (Lipinski definition) is 2. The van der Waals surface area contributed by atoms with E-state index in [1.54, 1.807) is 0 Å². The number of nitrogen functional groups attached to an aromatic ring is 1. The summed E-state index contributed by atoms with van der Waals surface area (Å²) in [6, 6.07) is 29.0. The molecule has 0 aliphatic carbocycles. The van der Waals surface area contributed by atoms with Crippen LogP contribution in [0.15, 0.2) is 91.1 Å². The molecule has 0 saturated carbocycles. The fraction of sp³-hybridized carbons (Fsp3) is 0. The molecule has 0 bridgehead atoms. The van der Waals surface area contributed by atoms with E-state index < -0.39 is 0 Å². The fourth-order valence-corrected chi connectivity index (χ4v) is 3.60. The molecule has 0 saturated heterocycles. The van der Waals surface area contributed by atoms with Crippen LogP contribution in [0.4, 0.5) is 5.69 Å². The maximum atomic E-state index is 6.09. The highest BCUT2D eigenvalue weighted by Gasteiger charge is 2.12. The van der Waals surface area contributed by atoms with E-state index in [-0.39, 0.29) is 0 Å². The van der Waals surface area contributed by atoms with Crippen LogP contribution in [0.2, 0.25) is 0 Å². The standard InChI is InChI=1S/C23H17N3/c24-17-11-12-20-19-8-1-2-10-22(19)26(23(20)15-17)18-7-5-6-16(14-18)21-9-3-4-13-25-21/h1-15H,24H2. The number of rotatable bonds is 2. The lowest BCUT2D eigenvalue weighted by molar-refractivity contribution is 1.18. The summed E-state index contributed by atoms with van der Waals surface area (Å²) in [5.41, 5.74) is 12.3. The van der Waals surface area contributed by atoms with Crippen molar-refractivity contribution in [2.45, 2.75) is 0 Å². The molecule has 0 radical (unpaired) electrons. The third kappa shape index (κ3) is 2.25. The van der Waals surface area contributed by atoms with Crippen LogP contribution < -0.4 is 5.73 Å². The van der Waals surface area contributed by atoms with E-state index in [1.165, 1.54) is 16.3 Å². The Morgan fingerprint density at radius 3 is 2.42 bits per heavy atom. The third-order valence-corrected chi connectivity index (χ3v) is 4.76. The number of nitrogens with two attached hydrogens (primary N) is 1. The molecule has 124 valence electrons. The first-order valence-corrected chi connectivity index (χ1v) is 8.62. The Morgan fingerprint density at radius 1 is 0.692 bits per heavy atom. The summed E-state index contributed by atoms with van der Waals surface area (Å²) in [5.74, 6) is 0. The third-order valence-electron chi connectivity index (χ3n) is 4.76. The topological polar surface area (TPSA) is 43.8 Å². The zero-order chi connectivity index (χ0) is 17.5. The molecule has 0 amide bonds. The molecule has 26 heavy (non-hydrogen) atoms. The van der Waals surface area contributed by atoms with Crippen LogP contribution in [0.5, 0.6) is 0 Å². The summed E-state index contributed by atoms with van der Waals surface area (Å²) >= 11 is 0. The van der Waals surface area contributed by atoms with E-state index in [0.717, 1.165) is 28.1 Å². The Bertz CT molecular complexity index is 1240. The maximum Gasteiger partial charge on any atom is 0.0702 e. The molecule has 3 heteroatoms. The number of anilines is 1. The van der Waals surface area contributed by atoms with Gasteiger partial charge < -0.3 is 10.3 Å². The number of hydrogen-bond donors (Lipinski definition) is 1. The highest BCUT2D eigenvalue weighted by atomic mass is 15.0. The van der Waals surface area contributed by atoms with Crippen molar-refractivity contribution in [3.8, 4) is 16.9 Å². The smallest absolute Gasteiger partial charge is 0.0702 e. The predicted octanol–water partition coefficient (Wildman–Crippen LogP) is 5.43. The van der Waals surface area contributed by atoms with Crippen LogP contribution in [-0.2, 0) is 0 Å². The van der Waals surface area contributed by atoms with Crippen molar-refractivity contribution in [1.82, 2.24) is 9.55 Å². The van der Waals surface area contributed by atoms with Gasteiger partial charge in [-0.05, 0) is 42.5 Å². The number of para-hydroxylation sites is 1. The van der Waals surface area contributed by atoms with Gasteiger partial charge >= 0.3 is 0 Å². The Hall–Kier alpha value is -3.59. The molecule has 2 heterocycles. The van der Waals surface area contributed by atoms with Gasteiger partial charge in [-0.25, -0.2) is 0 Å². The lowest BCUT2D eigenvalue weighted by Crippen LogP contribution is -1.95. The molecule has 0 fully saturated rings. The highest BCUT2D eigenvalue weighted by molar-refractivity contribution is 6.10. The quantitative estimate of drug-likeness (QED) is 0.437. The number of nitrogens with zero attached hydrogens (tertiary/aromatic N) is 2. The monoisotopic (exact) mass is 335 g/mol. The van der Waals surface area contributed by atoms with Gasteiger partial charge in [0.2, 0.25) is 0 Å². The summed E-state index contributed by atoms with van der Waals surface area (Å²) < 4.78 is 2.27. The average molecular weight is 335 g/mol. The fourth-order valence-electron chi connectivity index (χ4n) is 3.60. The molecule has 3 aromatic carbocycles. The van der Waals surface area contributed by atoms with Gasteiger partial charge in [0.25, 0.3) is 0 Å². The molecule has 0 atom stereocenters.